The number of thiazole rings is 1. The summed E-state index contributed by atoms with van der Waals surface area (Å²) in [5.41, 5.74) is 6.50. The molecule has 2 heterocycles. The second-order valence-electron chi connectivity index (χ2n) is 4.74. The summed E-state index contributed by atoms with van der Waals surface area (Å²) in [5, 5.41) is 3.09. The molecule has 2 rings (SSSR count). The van der Waals surface area contributed by atoms with E-state index in [2.05, 4.69) is 9.88 Å². The Morgan fingerprint density at radius 1 is 1.61 bits per heavy atom. The van der Waals surface area contributed by atoms with Gasteiger partial charge < -0.3 is 5.73 Å². The van der Waals surface area contributed by atoms with Crippen LogP contribution in [0.3, 0.4) is 0 Å². The Hall–Kier alpha value is -0.500. The van der Waals surface area contributed by atoms with Crippen LogP contribution in [0.15, 0.2) is 5.38 Å². The van der Waals surface area contributed by atoms with Gasteiger partial charge in [-0.3, -0.25) is 4.90 Å². The minimum Gasteiger partial charge on any atom is -0.330 e. The van der Waals surface area contributed by atoms with Gasteiger partial charge in [0.15, 0.2) is 9.84 Å². The van der Waals surface area contributed by atoms with Gasteiger partial charge in [0.25, 0.3) is 0 Å². The van der Waals surface area contributed by atoms with Gasteiger partial charge in [-0.2, -0.15) is 0 Å². The molecule has 18 heavy (non-hydrogen) atoms. The van der Waals surface area contributed by atoms with Crippen molar-refractivity contribution < 1.29 is 8.42 Å². The van der Waals surface area contributed by atoms with Crippen LogP contribution in [0.5, 0.6) is 0 Å². The smallest absolute Gasteiger partial charge is 0.151 e. The van der Waals surface area contributed by atoms with Gasteiger partial charge in [-0.25, -0.2) is 13.4 Å². The third-order valence-corrected chi connectivity index (χ3v) is 5.91. The summed E-state index contributed by atoms with van der Waals surface area (Å²) >= 11 is 1.62. The number of nitrogens with zero attached hydrogens (tertiary/aromatic N) is 2. The molecule has 1 unspecified atom stereocenters. The Balaban J connectivity index is 1.92. The minimum absolute atomic E-state index is 0.134. The van der Waals surface area contributed by atoms with Crippen LogP contribution < -0.4 is 5.73 Å². The normalized spacial score (nSPS) is 22.7. The van der Waals surface area contributed by atoms with E-state index in [1.165, 1.54) is 0 Å². The molecule has 0 saturated carbocycles. The molecule has 7 heteroatoms. The van der Waals surface area contributed by atoms with Crippen LogP contribution in [0, 0.1) is 0 Å². The van der Waals surface area contributed by atoms with Gasteiger partial charge in [-0.15, -0.1) is 11.3 Å². The molecular formula is C11H19N3O2S2. The standard InChI is InChI=1S/C11H19N3O2S2/c1-14(10-3-5-18(15,16)8-10)6-9-7-17-11(13-9)2-4-12/h7,10H,2-6,8,12H2,1H3. The number of rotatable bonds is 5. The summed E-state index contributed by atoms with van der Waals surface area (Å²) in [6.45, 7) is 1.32. The van der Waals surface area contributed by atoms with E-state index >= 15 is 0 Å². The van der Waals surface area contributed by atoms with E-state index in [4.69, 9.17) is 5.73 Å². The van der Waals surface area contributed by atoms with E-state index < -0.39 is 9.84 Å². The predicted molar refractivity (Wildman–Crippen MR) is 73.4 cm³/mol. The van der Waals surface area contributed by atoms with Crippen molar-refractivity contribution in [3.63, 3.8) is 0 Å². The molecule has 0 spiro atoms. The quantitative estimate of drug-likeness (QED) is 0.841. The van der Waals surface area contributed by atoms with E-state index in [9.17, 15) is 8.42 Å². The zero-order chi connectivity index (χ0) is 13.2. The van der Waals surface area contributed by atoms with Crippen molar-refractivity contribution in [2.45, 2.75) is 25.4 Å². The lowest BCUT2D eigenvalue weighted by Gasteiger charge is -2.21. The van der Waals surface area contributed by atoms with E-state index in [1.807, 2.05) is 12.4 Å². The Kier molecular flexibility index (Phi) is 4.37. The number of nitrogens with two attached hydrogens (primary N) is 1. The molecule has 0 bridgehead atoms. The first kappa shape index (κ1) is 13.9. The fourth-order valence-corrected chi connectivity index (χ4v) is 4.78. The van der Waals surface area contributed by atoms with Gasteiger partial charge in [0.05, 0.1) is 22.2 Å². The number of hydrogen-bond donors (Lipinski definition) is 1. The van der Waals surface area contributed by atoms with Gasteiger partial charge in [0.1, 0.15) is 0 Å². The topological polar surface area (TPSA) is 76.3 Å². The average Bonchev–Trinajstić information content (AvgIpc) is 2.86. The first-order valence-corrected chi connectivity index (χ1v) is 8.74. The molecular weight excluding hydrogens is 270 g/mol. The number of sulfone groups is 1. The molecule has 102 valence electrons. The summed E-state index contributed by atoms with van der Waals surface area (Å²) in [4.78, 5) is 6.58. The zero-order valence-electron chi connectivity index (χ0n) is 10.5. The molecule has 5 nitrogen and oxygen atoms in total. The lowest BCUT2D eigenvalue weighted by Crippen LogP contribution is -2.32. The number of aromatic nitrogens is 1. The highest BCUT2D eigenvalue weighted by Gasteiger charge is 2.30. The Labute approximate surface area is 112 Å². The minimum atomic E-state index is -2.81. The molecule has 1 aliphatic heterocycles. The predicted octanol–water partition coefficient (Wildman–Crippen LogP) is 0.263. The highest BCUT2D eigenvalue weighted by atomic mass is 32.2. The molecule has 1 aromatic heterocycles. The second-order valence-corrected chi connectivity index (χ2v) is 7.91. The zero-order valence-corrected chi connectivity index (χ0v) is 12.1. The SMILES string of the molecule is CN(Cc1csc(CCN)n1)C1CCS(=O)(=O)C1. The first-order chi connectivity index (χ1) is 8.50. The second kappa shape index (κ2) is 5.64. The van der Waals surface area contributed by atoms with E-state index in [-0.39, 0.29) is 11.8 Å². The van der Waals surface area contributed by atoms with Crippen LogP contribution in [0.2, 0.25) is 0 Å². The first-order valence-electron chi connectivity index (χ1n) is 6.04. The molecule has 1 saturated heterocycles. The highest BCUT2D eigenvalue weighted by molar-refractivity contribution is 7.91. The Bertz CT molecular complexity index is 498. The molecule has 0 radical (unpaired) electrons. The van der Waals surface area contributed by atoms with Crippen LogP contribution in [-0.4, -0.2) is 49.4 Å². The van der Waals surface area contributed by atoms with Crippen LogP contribution in [-0.2, 0) is 22.8 Å². The summed E-state index contributed by atoms with van der Waals surface area (Å²) in [6, 6.07) is 0.134. The van der Waals surface area contributed by atoms with Gasteiger partial charge in [-0.1, -0.05) is 0 Å². The van der Waals surface area contributed by atoms with Gasteiger partial charge >= 0.3 is 0 Å². The maximum Gasteiger partial charge on any atom is 0.151 e. The van der Waals surface area contributed by atoms with Crippen molar-refractivity contribution in [1.82, 2.24) is 9.88 Å². The van der Waals surface area contributed by atoms with E-state index in [0.29, 0.717) is 18.8 Å². The fraction of sp³-hybridized carbons (Fsp3) is 0.727. The lowest BCUT2D eigenvalue weighted by atomic mass is 10.2. The molecule has 0 aromatic carbocycles. The van der Waals surface area contributed by atoms with Crippen molar-refractivity contribution in [3.05, 3.63) is 16.1 Å². The molecule has 0 aliphatic carbocycles. The van der Waals surface area contributed by atoms with Crippen molar-refractivity contribution in [3.8, 4) is 0 Å². The van der Waals surface area contributed by atoms with E-state index in [0.717, 1.165) is 23.5 Å². The largest absolute Gasteiger partial charge is 0.330 e. The summed E-state index contributed by atoms with van der Waals surface area (Å²) < 4.78 is 22.9. The fourth-order valence-electron chi connectivity index (χ4n) is 2.17. The summed E-state index contributed by atoms with van der Waals surface area (Å²) in [6.07, 6.45) is 1.55. The average molecular weight is 289 g/mol. The maximum atomic E-state index is 11.4. The molecule has 0 amide bonds. The van der Waals surface area contributed by atoms with Crippen LogP contribution in [0.1, 0.15) is 17.1 Å². The lowest BCUT2D eigenvalue weighted by molar-refractivity contribution is 0.251. The third kappa shape index (κ3) is 3.50. The van der Waals surface area contributed by atoms with Crippen LogP contribution in [0.25, 0.3) is 0 Å². The molecule has 1 fully saturated rings. The van der Waals surface area contributed by atoms with E-state index in [1.54, 1.807) is 11.3 Å². The highest BCUT2D eigenvalue weighted by Crippen LogP contribution is 2.19. The Morgan fingerprint density at radius 2 is 2.39 bits per heavy atom. The van der Waals surface area contributed by atoms with Gasteiger partial charge in [0, 0.05) is 24.4 Å². The molecule has 1 atom stereocenters. The molecule has 2 N–H and O–H groups in total. The van der Waals surface area contributed by atoms with Crippen LogP contribution >= 0.6 is 11.3 Å². The van der Waals surface area contributed by atoms with Crippen molar-refractivity contribution in [1.29, 1.82) is 0 Å². The van der Waals surface area contributed by atoms with Gasteiger partial charge in [0.2, 0.25) is 0 Å². The van der Waals surface area contributed by atoms with Crippen molar-refractivity contribution in [2.75, 3.05) is 25.1 Å². The summed E-state index contributed by atoms with van der Waals surface area (Å²) in [5.74, 6) is 0.598. The van der Waals surface area contributed by atoms with Crippen molar-refractivity contribution >= 4 is 21.2 Å². The maximum absolute atomic E-state index is 11.4. The van der Waals surface area contributed by atoms with Crippen LogP contribution in [0.4, 0.5) is 0 Å². The Morgan fingerprint density at radius 3 is 3.00 bits per heavy atom. The number of hydrogen-bond acceptors (Lipinski definition) is 6. The molecule has 1 aromatic rings. The van der Waals surface area contributed by atoms with Gasteiger partial charge in [-0.05, 0) is 20.0 Å². The summed E-state index contributed by atoms with van der Waals surface area (Å²) in [7, 11) is -0.846. The van der Waals surface area contributed by atoms with Crippen molar-refractivity contribution in [2.24, 2.45) is 5.73 Å². The monoisotopic (exact) mass is 289 g/mol. The third-order valence-electron chi connectivity index (χ3n) is 3.20. The molecule has 1 aliphatic rings.